The molecular formula is C18H20N4O3. The highest BCUT2D eigenvalue weighted by atomic mass is 16.5. The van der Waals surface area contributed by atoms with Crippen LogP contribution in [0.15, 0.2) is 36.5 Å². The Kier molecular flexibility index (Phi) is 4.23. The lowest BCUT2D eigenvalue weighted by molar-refractivity contribution is 0.0299. The first-order chi connectivity index (χ1) is 12.2. The van der Waals surface area contributed by atoms with Gasteiger partial charge in [0.1, 0.15) is 5.69 Å². The van der Waals surface area contributed by atoms with Crippen molar-refractivity contribution in [3.8, 4) is 0 Å². The molecule has 7 nitrogen and oxygen atoms in total. The predicted molar refractivity (Wildman–Crippen MR) is 90.1 cm³/mol. The van der Waals surface area contributed by atoms with Gasteiger partial charge in [-0.2, -0.15) is 0 Å². The average Bonchev–Trinajstić information content (AvgIpc) is 3.10. The quantitative estimate of drug-likeness (QED) is 0.836. The molecule has 7 heteroatoms. The molecule has 0 bridgehead atoms. The lowest BCUT2D eigenvalue weighted by Gasteiger charge is -2.27. The zero-order chi connectivity index (χ0) is 17.2. The van der Waals surface area contributed by atoms with Crippen molar-refractivity contribution in [2.45, 2.75) is 13.1 Å². The molecule has 0 radical (unpaired) electrons. The molecule has 0 saturated carbocycles. The van der Waals surface area contributed by atoms with Crippen LogP contribution in [0.4, 0.5) is 0 Å². The van der Waals surface area contributed by atoms with Gasteiger partial charge in [-0.15, -0.1) is 0 Å². The van der Waals surface area contributed by atoms with Crippen LogP contribution in [-0.2, 0) is 17.8 Å². The number of fused-ring (bicyclic) bond motifs is 1. The number of amides is 2. The number of carbonyl (C=O) groups excluding carboxylic acids is 2. The third kappa shape index (κ3) is 3.15. The van der Waals surface area contributed by atoms with Crippen molar-refractivity contribution in [2.75, 3.05) is 32.8 Å². The summed E-state index contributed by atoms with van der Waals surface area (Å²) in [6, 6.07) is 9.88. The van der Waals surface area contributed by atoms with E-state index in [1.807, 2.05) is 30.3 Å². The third-order valence-electron chi connectivity index (χ3n) is 4.60. The Morgan fingerprint density at radius 3 is 2.60 bits per heavy atom. The molecule has 1 fully saturated rings. The van der Waals surface area contributed by atoms with E-state index in [-0.39, 0.29) is 11.8 Å². The fourth-order valence-corrected chi connectivity index (χ4v) is 3.21. The van der Waals surface area contributed by atoms with Crippen molar-refractivity contribution in [3.05, 3.63) is 53.6 Å². The summed E-state index contributed by atoms with van der Waals surface area (Å²) in [5, 5.41) is 0. The summed E-state index contributed by atoms with van der Waals surface area (Å²) in [5.74, 6) is 0.0857. The lowest BCUT2D eigenvalue weighted by atomic mass is 10.2. The summed E-state index contributed by atoms with van der Waals surface area (Å²) in [4.78, 5) is 33.1. The number of benzene rings is 1. The summed E-state index contributed by atoms with van der Waals surface area (Å²) in [7, 11) is 0. The molecule has 3 heterocycles. The average molecular weight is 340 g/mol. The standard InChI is InChI=1S/C18H20N4O3/c23-17(20-8-10-25-11-9-20)15-13-21-6-7-22(18(24)16(21)19-15)12-14-4-2-1-3-5-14/h1-5,13H,6-12H2. The van der Waals surface area contributed by atoms with Crippen LogP contribution in [0.1, 0.15) is 26.7 Å². The van der Waals surface area contributed by atoms with E-state index in [4.69, 9.17) is 4.74 Å². The Hall–Kier alpha value is -2.67. The van der Waals surface area contributed by atoms with Gasteiger partial charge in [-0.3, -0.25) is 9.59 Å². The molecule has 4 rings (SSSR count). The topological polar surface area (TPSA) is 67.7 Å². The van der Waals surface area contributed by atoms with Crippen molar-refractivity contribution in [3.63, 3.8) is 0 Å². The molecule has 0 spiro atoms. The number of aromatic nitrogens is 2. The molecule has 2 aromatic rings. The lowest BCUT2D eigenvalue weighted by Crippen LogP contribution is -2.41. The maximum absolute atomic E-state index is 12.7. The van der Waals surface area contributed by atoms with E-state index >= 15 is 0 Å². The van der Waals surface area contributed by atoms with Crippen LogP contribution in [0.25, 0.3) is 0 Å². The Balaban J connectivity index is 1.51. The molecule has 1 aromatic carbocycles. The van der Waals surface area contributed by atoms with Gasteiger partial charge >= 0.3 is 0 Å². The Bertz CT molecular complexity index is 781. The Morgan fingerprint density at radius 1 is 1.08 bits per heavy atom. The number of rotatable bonds is 3. The number of hydrogen-bond acceptors (Lipinski definition) is 4. The smallest absolute Gasteiger partial charge is 0.290 e. The fourth-order valence-electron chi connectivity index (χ4n) is 3.21. The highest BCUT2D eigenvalue weighted by Gasteiger charge is 2.29. The highest BCUT2D eigenvalue weighted by Crippen LogP contribution is 2.17. The molecule has 2 aliphatic heterocycles. The zero-order valence-electron chi connectivity index (χ0n) is 13.9. The van der Waals surface area contributed by atoms with Gasteiger partial charge in [-0.25, -0.2) is 4.98 Å². The van der Waals surface area contributed by atoms with Crippen LogP contribution in [0.5, 0.6) is 0 Å². The van der Waals surface area contributed by atoms with E-state index in [2.05, 4.69) is 4.98 Å². The number of carbonyl (C=O) groups is 2. The monoisotopic (exact) mass is 340 g/mol. The molecule has 25 heavy (non-hydrogen) atoms. The summed E-state index contributed by atoms with van der Waals surface area (Å²) >= 11 is 0. The summed E-state index contributed by atoms with van der Waals surface area (Å²) in [6.07, 6.45) is 1.70. The number of ether oxygens (including phenoxy) is 1. The van der Waals surface area contributed by atoms with Gasteiger partial charge in [0.2, 0.25) is 0 Å². The van der Waals surface area contributed by atoms with E-state index in [1.165, 1.54) is 0 Å². The minimum Gasteiger partial charge on any atom is -0.378 e. The van der Waals surface area contributed by atoms with Gasteiger partial charge in [0, 0.05) is 38.9 Å². The zero-order valence-corrected chi connectivity index (χ0v) is 13.9. The first-order valence-electron chi connectivity index (χ1n) is 8.50. The SMILES string of the molecule is O=C(c1cn2c(n1)C(=O)N(Cc1ccccc1)CC2)N1CCOCC1. The van der Waals surface area contributed by atoms with Crippen molar-refractivity contribution >= 4 is 11.8 Å². The van der Waals surface area contributed by atoms with Crippen molar-refractivity contribution in [2.24, 2.45) is 0 Å². The van der Waals surface area contributed by atoms with Crippen LogP contribution < -0.4 is 0 Å². The third-order valence-corrected chi connectivity index (χ3v) is 4.60. The summed E-state index contributed by atoms with van der Waals surface area (Å²) in [6.45, 7) is 4.04. The largest absolute Gasteiger partial charge is 0.378 e. The van der Waals surface area contributed by atoms with E-state index < -0.39 is 0 Å². The molecule has 130 valence electrons. The summed E-state index contributed by atoms with van der Waals surface area (Å²) < 4.78 is 7.06. The first-order valence-corrected chi connectivity index (χ1v) is 8.50. The Morgan fingerprint density at radius 2 is 1.84 bits per heavy atom. The second-order valence-electron chi connectivity index (χ2n) is 6.26. The van der Waals surface area contributed by atoms with E-state index in [0.29, 0.717) is 57.5 Å². The number of imidazole rings is 1. The van der Waals surface area contributed by atoms with Crippen molar-refractivity contribution in [1.82, 2.24) is 19.4 Å². The molecule has 0 N–H and O–H groups in total. The van der Waals surface area contributed by atoms with E-state index in [9.17, 15) is 9.59 Å². The van der Waals surface area contributed by atoms with E-state index in [0.717, 1.165) is 5.56 Å². The molecule has 1 saturated heterocycles. The van der Waals surface area contributed by atoms with Gasteiger partial charge in [0.15, 0.2) is 5.82 Å². The minimum atomic E-state index is -0.132. The van der Waals surface area contributed by atoms with Gasteiger partial charge in [-0.05, 0) is 5.56 Å². The molecule has 0 atom stereocenters. The normalized spacial score (nSPS) is 17.5. The van der Waals surface area contributed by atoms with E-state index in [1.54, 1.807) is 20.6 Å². The van der Waals surface area contributed by atoms with Crippen LogP contribution >= 0.6 is 0 Å². The molecule has 2 aliphatic rings. The fraction of sp³-hybridized carbons (Fsp3) is 0.389. The molecule has 0 unspecified atom stereocenters. The maximum atomic E-state index is 12.7. The maximum Gasteiger partial charge on any atom is 0.290 e. The molecule has 1 aromatic heterocycles. The second-order valence-corrected chi connectivity index (χ2v) is 6.26. The minimum absolute atomic E-state index is 0.129. The van der Waals surface area contributed by atoms with Crippen molar-refractivity contribution in [1.29, 1.82) is 0 Å². The summed E-state index contributed by atoms with van der Waals surface area (Å²) in [5.41, 5.74) is 1.42. The van der Waals surface area contributed by atoms with Crippen molar-refractivity contribution < 1.29 is 14.3 Å². The second kappa shape index (κ2) is 6.68. The number of morpholine rings is 1. The molecular weight excluding hydrogens is 320 g/mol. The van der Waals surface area contributed by atoms with Gasteiger partial charge < -0.3 is 19.1 Å². The molecule has 2 amide bonds. The van der Waals surface area contributed by atoms with Gasteiger partial charge in [-0.1, -0.05) is 30.3 Å². The van der Waals surface area contributed by atoms with Gasteiger partial charge in [0.25, 0.3) is 11.8 Å². The van der Waals surface area contributed by atoms with Crippen LogP contribution in [0.3, 0.4) is 0 Å². The van der Waals surface area contributed by atoms with Gasteiger partial charge in [0.05, 0.1) is 13.2 Å². The highest BCUT2D eigenvalue weighted by molar-refractivity contribution is 5.96. The first kappa shape index (κ1) is 15.8. The van der Waals surface area contributed by atoms with Crippen LogP contribution in [0.2, 0.25) is 0 Å². The Labute approximate surface area is 145 Å². The number of nitrogens with zero attached hydrogens (tertiary/aromatic N) is 4. The molecule has 0 aliphatic carbocycles. The van der Waals surface area contributed by atoms with Crippen LogP contribution in [-0.4, -0.2) is 64.0 Å². The van der Waals surface area contributed by atoms with Crippen LogP contribution in [0, 0.1) is 0 Å². The number of hydrogen-bond donors (Lipinski definition) is 0. The predicted octanol–water partition coefficient (Wildman–Crippen LogP) is 1.01.